The van der Waals surface area contributed by atoms with E-state index in [4.69, 9.17) is 0 Å². The van der Waals surface area contributed by atoms with Gasteiger partial charge in [-0.1, -0.05) is 25.1 Å². The maximum Gasteiger partial charge on any atom is 0.422 e. The Labute approximate surface area is 169 Å². The van der Waals surface area contributed by atoms with Crippen molar-refractivity contribution >= 4 is 5.91 Å². The van der Waals surface area contributed by atoms with Crippen molar-refractivity contribution in [2.45, 2.75) is 43.8 Å². The maximum absolute atomic E-state index is 14.7. The summed E-state index contributed by atoms with van der Waals surface area (Å²) in [7, 11) is 0. The third-order valence-corrected chi connectivity index (χ3v) is 4.98. The number of hydrogen-bond acceptors (Lipinski definition) is 2. The van der Waals surface area contributed by atoms with E-state index in [9.17, 15) is 31.1 Å². The number of hydrogen-bond donors (Lipinski definition) is 1. The molecule has 1 atom stereocenters. The van der Waals surface area contributed by atoms with Crippen molar-refractivity contribution in [2.24, 2.45) is 0 Å². The van der Waals surface area contributed by atoms with E-state index in [0.29, 0.717) is 12.8 Å². The molecule has 1 fully saturated rings. The monoisotopic (exact) mass is 431 g/mol. The number of carbonyl (C=O) groups excluding carboxylic acids is 1. The second kappa shape index (κ2) is 8.20. The van der Waals surface area contributed by atoms with Crippen LogP contribution in [0.5, 0.6) is 5.75 Å². The first-order valence-electron chi connectivity index (χ1n) is 9.25. The normalized spacial score (nSPS) is 16.1. The molecule has 1 saturated carbocycles. The molecule has 1 N–H and O–H groups in total. The van der Waals surface area contributed by atoms with Gasteiger partial charge in [0.2, 0.25) is 5.91 Å². The Morgan fingerprint density at radius 3 is 2.47 bits per heavy atom. The number of rotatable bonds is 7. The summed E-state index contributed by atoms with van der Waals surface area (Å²) in [6.45, 7) is -0.0326. The van der Waals surface area contributed by atoms with Gasteiger partial charge < -0.3 is 10.1 Å². The Bertz CT molecular complexity index is 940. The highest BCUT2D eigenvalue weighted by atomic mass is 19.4. The lowest BCUT2D eigenvalue weighted by atomic mass is 9.96. The van der Waals surface area contributed by atoms with E-state index in [-0.39, 0.29) is 17.5 Å². The largest absolute Gasteiger partial charge is 0.481 e. The molecule has 0 aliphatic heterocycles. The molecule has 2 aromatic carbocycles. The fraction of sp³-hybridized carbons (Fsp3) is 0.381. The van der Waals surface area contributed by atoms with E-state index in [2.05, 4.69) is 10.1 Å². The zero-order chi connectivity index (χ0) is 22.1. The van der Waals surface area contributed by atoms with Crippen LogP contribution in [-0.2, 0) is 10.3 Å². The van der Waals surface area contributed by atoms with E-state index < -0.39 is 53.3 Å². The number of alkyl halides is 3. The number of ether oxygens (including phenoxy) is 1. The molecule has 3 rings (SSSR count). The van der Waals surface area contributed by atoms with Gasteiger partial charge in [0.05, 0.1) is 5.54 Å². The van der Waals surface area contributed by atoms with Crippen molar-refractivity contribution < 1.29 is 35.9 Å². The number of halogens is 6. The molecule has 30 heavy (non-hydrogen) atoms. The molecule has 0 spiro atoms. The Kier molecular flexibility index (Phi) is 6.01. The van der Waals surface area contributed by atoms with Crippen molar-refractivity contribution in [2.75, 3.05) is 6.61 Å². The van der Waals surface area contributed by atoms with Gasteiger partial charge in [0.15, 0.2) is 18.2 Å². The fourth-order valence-electron chi connectivity index (χ4n) is 3.35. The van der Waals surface area contributed by atoms with Gasteiger partial charge in [-0.3, -0.25) is 4.79 Å². The van der Waals surface area contributed by atoms with Crippen LogP contribution >= 0.6 is 0 Å². The first-order valence-corrected chi connectivity index (χ1v) is 9.25. The molecule has 0 saturated heterocycles. The maximum atomic E-state index is 14.7. The van der Waals surface area contributed by atoms with Crippen LogP contribution in [0.25, 0.3) is 0 Å². The van der Waals surface area contributed by atoms with Gasteiger partial charge in [-0.05, 0) is 36.5 Å². The Morgan fingerprint density at radius 1 is 1.17 bits per heavy atom. The minimum Gasteiger partial charge on any atom is -0.481 e. The van der Waals surface area contributed by atoms with Gasteiger partial charge in [0.1, 0.15) is 11.6 Å². The van der Waals surface area contributed by atoms with Crippen LogP contribution < -0.4 is 10.1 Å². The second-order valence-electron chi connectivity index (χ2n) is 7.42. The third kappa shape index (κ3) is 5.06. The van der Waals surface area contributed by atoms with Crippen LogP contribution in [0.3, 0.4) is 0 Å². The number of carbonyl (C=O) groups is 1. The van der Waals surface area contributed by atoms with Crippen LogP contribution in [0.15, 0.2) is 36.4 Å². The number of amides is 1. The summed E-state index contributed by atoms with van der Waals surface area (Å²) >= 11 is 0. The van der Waals surface area contributed by atoms with Gasteiger partial charge in [-0.15, -0.1) is 0 Å². The number of nitrogens with one attached hydrogen (secondary N) is 1. The SMILES string of the molecule is CC(CC(=O)NC1(c2cccc(OCC(F)(F)F)c2F)CC1)c1ccc(F)cc1F. The van der Waals surface area contributed by atoms with Crippen molar-refractivity contribution in [1.29, 1.82) is 0 Å². The Morgan fingerprint density at radius 2 is 1.87 bits per heavy atom. The van der Waals surface area contributed by atoms with E-state index in [1.54, 1.807) is 6.92 Å². The average molecular weight is 431 g/mol. The molecular weight excluding hydrogens is 412 g/mol. The van der Waals surface area contributed by atoms with Crippen LogP contribution in [0.1, 0.15) is 43.2 Å². The predicted molar refractivity (Wildman–Crippen MR) is 96.4 cm³/mol. The summed E-state index contributed by atoms with van der Waals surface area (Å²) in [5.41, 5.74) is -0.832. The van der Waals surface area contributed by atoms with Crippen LogP contribution in [-0.4, -0.2) is 18.7 Å². The van der Waals surface area contributed by atoms with Crippen LogP contribution in [0.2, 0.25) is 0 Å². The first kappa shape index (κ1) is 22.0. The topological polar surface area (TPSA) is 38.3 Å². The molecule has 9 heteroatoms. The molecule has 162 valence electrons. The third-order valence-electron chi connectivity index (χ3n) is 4.98. The molecular formula is C21H19F6NO2. The zero-order valence-corrected chi connectivity index (χ0v) is 16.0. The Balaban J connectivity index is 1.70. The highest BCUT2D eigenvalue weighted by Crippen LogP contribution is 2.48. The zero-order valence-electron chi connectivity index (χ0n) is 16.0. The fourth-order valence-corrected chi connectivity index (χ4v) is 3.35. The highest BCUT2D eigenvalue weighted by molar-refractivity contribution is 5.78. The molecule has 1 aliphatic carbocycles. The highest BCUT2D eigenvalue weighted by Gasteiger charge is 2.48. The van der Waals surface area contributed by atoms with Gasteiger partial charge >= 0.3 is 6.18 Å². The smallest absolute Gasteiger partial charge is 0.422 e. The van der Waals surface area contributed by atoms with Crippen molar-refractivity contribution in [3.63, 3.8) is 0 Å². The molecule has 0 aromatic heterocycles. The Hall–Kier alpha value is -2.71. The van der Waals surface area contributed by atoms with Crippen LogP contribution in [0.4, 0.5) is 26.3 Å². The first-order chi connectivity index (χ1) is 14.0. The molecule has 1 aliphatic rings. The van der Waals surface area contributed by atoms with E-state index in [1.165, 1.54) is 18.2 Å². The van der Waals surface area contributed by atoms with Crippen LogP contribution in [0, 0.1) is 17.5 Å². The average Bonchev–Trinajstić information content (AvgIpc) is 3.40. The minimum absolute atomic E-state index is 0.0381. The lowest BCUT2D eigenvalue weighted by Gasteiger charge is -2.21. The molecule has 3 nitrogen and oxygen atoms in total. The van der Waals surface area contributed by atoms with Gasteiger partial charge in [-0.2, -0.15) is 13.2 Å². The predicted octanol–water partition coefficient (Wildman–Crippen LogP) is 5.34. The molecule has 0 radical (unpaired) electrons. The molecule has 0 bridgehead atoms. The van der Waals surface area contributed by atoms with E-state index in [0.717, 1.165) is 18.2 Å². The summed E-state index contributed by atoms with van der Waals surface area (Å²) in [6.07, 6.45) is -3.94. The van der Waals surface area contributed by atoms with E-state index >= 15 is 0 Å². The molecule has 0 heterocycles. The minimum atomic E-state index is -4.61. The standard InChI is InChI=1S/C21H19F6NO2/c1-12(14-6-5-13(22)10-16(14)23)9-18(29)28-20(7-8-20)15-3-2-4-17(19(15)24)30-11-21(25,26)27/h2-6,10,12H,7-9,11H2,1H3,(H,28,29). The van der Waals surface area contributed by atoms with E-state index in [1.807, 2.05) is 0 Å². The summed E-state index contributed by atoms with van der Waals surface area (Å²) in [5, 5.41) is 2.70. The molecule has 1 unspecified atom stereocenters. The quantitative estimate of drug-likeness (QED) is 0.601. The number of benzene rings is 2. The van der Waals surface area contributed by atoms with Crippen molar-refractivity contribution in [1.82, 2.24) is 5.32 Å². The molecule has 2 aromatic rings. The van der Waals surface area contributed by atoms with Gasteiger partial charge in [-0.25, -0.2) is 13.2 Å². The van der Waals surface area contributed by atoms with Crippen molar-refractivity contribution in [3.8, 4) is 5.75 Å². The van der Waals surface area contributed by atoms with Gasteiger partial charge in [0, 0.05) is 18.1 Å². The van der Waals surface area contributed by atoms with Gasteiger partial charge in [0.25, 0.3) is 0 Å². The summed E-state index contributed by atoms with van der Waals surface area (Å²) in [5.74, 6) is -4.05. The lowest BCUT2D eigenvalue weighted by Crippen LogP contribution is -2.36. The lowest BCUT2D eigenvalue weighted by molar-refractivity contribution is -0.153. The molecule has 1 amide bonds. The summed E-state index contributed by atoms with van der Waals surface area (Å²) < 4.78 is 83.3. The summed E-state index contributed by atoms with van der Waals surface area (Å²) in [6, 6.07) is 6.91. The van der Waals surface area contributed by atoms with Crippen molar-refractivity contribution in [3.05, 3.63) is 65.0 Å². The second-order valence-corrected chi connectivity index (χ2v) is 7.42. The summed E-state index contributed by atoms with van der Waals surface area (Å²) in [4.78, 5) is 12.5.